The highest BCUT2D eigenvalue weighted by Gasteiger charge is 2.16. The number of benzene rings is 2. The second-order valence-corrected chi connectivity index (χ2v) is 6.85. The second-order valence-electron chi connectivity index (χ2n) is 6.85. The van der Waals surface area contributed by atoms with Crippen LogP contribution in [0.4, 0.5) is 5.69 Å². The Morgan fingerprint density at radius 2 is 1.79 bits per heavy atom. The Hall–Kier alpha value is -3.28. The standard InChI is InChI=1S/C23H27NO5/c1-15(2)28-20-11-9-18(14-21(20)27-5)10-12-22(25)29-17(4)23(26)24-19-8-6-7-16(3)13-19/h6-15,17H,1-5H3,(H,24,26)/b12-10+/t17-/m1/s1. The molecule has 154 valence electrons. The molecule has 29 heavy (non-hydrogen) atoms. The molecule has 0 saturated heterocycles. The lowest BCUT2D eigenvalue weighted by molar-refractivity contribution is -0.148. The molecule has 0 heterocycles. The van der Waals surface area contributed by atoms with Crippen molar-refractivity contribution in [1.29, 1.82) is 0 Å². The Labute approximate surface area is 171 Å². The molecule has 0 aliphatic heterocycles. The molecule has 0 saturated carbocycles. The average molecular weight is 397 g/mol. The van der Waals surface area contributed by atoms with Crippen LogP contribution in [0.25, 0.3) is 6.08 Å². The van der Waals surface area contributed by atoms with E-state index >= 15 is 0 Å². The summed E-state index contributed by atoms with van der Waals surface area (Å²) in [6.45, 7) is 7.32. The normalized spacial score (nSPS) is 11.9. The van der Waals surface area contributed by atoms with Crippen molar-refractivity contribution in [3.8, 4) is 11.5 Å². The first-order valence-corrected chi connectivity index (χ1v) is 9.39. The molecule has 1 amide bonds. The maximum Gasteiger partial charge on any atom is 0.331 e. The van der Waals surface area contributed by atoms with Crippen LogP contribution in [0.3, 0.4) is 0 Å². The molecule has 0 bridgehead atoms. The molecule has 0 aliphatic carbocycles. The van der Waals surface area contributed by atoms with E-state index in [1.54, 1.807) is 37.5 Å². The molecule has 0 radical (unpaired) electrons. The van der Waals surface area contributed by atoms with Crippen LogP contribution in [-0.2, 0) is 14.3 Å². The van der Waals surface area contributed by atoms with Gasteiger partial charge in [-0.05, 0) is 69.2 Å². The zero-order valence-electron chi connectivity index (χ0n) is 17.4. The van der Waals surface area contributed by atoms with Crippen LogP contribution in [0.1, 0.15) is 31.9 Å². The predicted molar refractivity (Wildman–Crippen MR) is 113 cm³/mol. The molecule has 0 spiro atoms. The number of carbonyl (C=O) groups is 2. The van der Waals surface area contributed by atoms with Crippen LogP contribution in [0.15, 0.2) is 48.5 Å². The highest BCUT2D eigenvalue weighted by atomic mass is 16.5. The van der Waals surface area contributed by atoms with E-state index in [1.165, 1.54) is 13.0 Å². The first-order chi connectivity index (χ1) is 13.8. The summed E-state index contributed by atoms with van der Waals surface area (Å²) in [7, 11) is 1.55. The number of rotatable bonds is 8. The summed E-state index contributed by atoms with van der Waals surface area (Å²) in [4.78, 5) is 24.3. The Balaban J connectivity index is 1.95. The zero-order chi connectivity index (χ0) is 21.4. The molecule has 2 aromatic carbocycles. The van der Waals surface area contributed by atoms with Crippen molar-refractivity contribution >= 4 is 23.6 Å². The van der Waals surface area contributed by atoms with Crippen molar-refractivity contribution < 1.29 is 23.8 Å². The number of ether oxygens (including phenoxy) is 3. The molecule has 1 atom stereocenters. The summed E-state index contributed by atoms with van der Waals surface area (Å²) >= 11 is 0. The monoisotopic (exact) mass is 397 g/mol. The molecule has 0 aromatic heterocycles. The summed E-state index contributed by atoms with van der Waals surface area (Å²) in [5.74, 6) is 0.191. The summed E-state index contributed by atoms with van der Waals surface area (Å²) in [5, 5.41) is 2.73. The van der Waals surface area contributed by atoms with Crippen molar-refractivity contribution in [3.63, 3.8) is 0 Å². The Bertz CT molecular complexity index is 889. The highest BCUT2D eigenvalue weighted by Crippen LogP contribution is 2.29. The lowest BCUT2D eigenvalue weighted by Gasteiger charge is -2.14. The minimum Gasteiger partial charge on any atom is -0.493 e. The van der Waals surface area contributed by atoms with Crippen molar-refractivity contribution in [2.45, 2.75) is 39.9 Å². The van der Waals surface area contributed by atoms with Gasteiger partial charge in [-0.1, -0.05) is 18.2 Å². The smallest absolute Gasteiger partial charge is 0.331 e. The number of hydrogen-bond donors (Lipinski definition) is 1. The van der Waals surface area contributed by atoms with E-state index in [0.717, 1.165) is 11.1 Å². The molecule has 0 fully saturated rings. The van der Waals surface area contributed by atoms with Gasteiger partial charge in [0.05, 0.1) is 13.2 Å². The van der Waals surface area contributed by atoms with Gasteiger partial charge in [0.1, 0.15) is 0 Å². The fourth-order valence-corrected chi connectivity index (χ4v) is 2.54. The number of esters is 1. The number of nitrogens with one attached hydrogen (secondary N) is 1. The molecule has 6 heteroatoms. The van der Waals surface area contributed by atoms with Gasteiger partial charge in [-0.3, -0.25) is 4.79 Å². The summed E-state index contributed by atoms with van der Waals surface area (Å²) in [5.41, 5.74) is 2.42. The predicted octanol–water partition coefficient (Wildman–Crippen LogP) is 4.37. The van der Waals surface area contributed by atoms with Crippen LogP contribution in [-0.4, -0.2) is 31.2 Å². The molecule has 2 aromatic rings. The Morgan fingerprint density at radius 3 is 2.45 bits per heavy atom. The van der Waals surface area contributed by atoms with Crippen LogP contribution < -0.4 is 14.8 Å². The lowest BCUT2D eigenvalue weighted by atomic mass is 10.2. The zero-order valence-corrected chi connectivity index (χ0v) is 17.4. The molecule has 0 aliphatic rings. The molecular formula is C23H27NO5. The maximum absolute atomic E-state index is 12.2. The minimum atomic E-state index is -0.927. The molecule has 2 rings (SSSR count). The number of anilines is 1. The van der Waals surface area contributed by atoms with Crippen LogP contribution >= 0.6 is 0 Å². The van der Waals surface area contributed by atoms with Gasteiger partial charge in [-0.25, -0.2) is 4.79 Å². The Morgan fingerprint density at radius 1 is 1.03 bits per heavy atom. The van der Waals surface area contributed by atoms with Gasteiger partial charge in [-0.15, -0.1) is 0 Å². The summed E-state index contributed by atoms with van der Waals surface area (Å²) in [6.07, 6.45) is 1.96. The maximum atomic E-state index is 12.2. The Kier molecular flexibility index (Phi) is 7.83. The minimum absolute atomic E-state index is 0.0210. The summed E-state index contributed by atoms with van der Waals surface area (Å²) < 4.78 is 16.2. The van der Waals surface area contributed by atoms with Gasteiger partial charge in [0, 0.05) is 11.8 Å². The van der Waals surface area contributed by atoms with E-state index in [4.69, 9.17) is 14.2 Å². The molecule has 6 nitrogen and oxygen atoms in total. The van der Waals surface area contributed by atoms with E-state index in [1.807, 2.05) is 39.0 Å². The average Bonchev–Trinajstić information content (AvgIpc) is 2.66. The van der Waals surface area contributed by atoms with Crippen molar-refractivity contribution in [2.75, 3.05) is 12.4 Å². The molecule has 0 unspecified atom stereocenters. The third kappa shape index (κ3) is 6.99. The van der Waals surface area contributed by atoms with Gasteiger partial charge < -0.3 is 19.5 Å². The van der Waals surface area contributed by atoms with E-state index in [0.29, 0.717) is 17.2 Å². The van der Waals surface area contributed by atoms with Crippen molar-refractivity contribution in [1.82, 2.24) is 0 Å². The van der Waals surface area contributed by atoms with Crippen LogP contribution in [0, 0.1) is 6.92 Å². The van der Waals surface area contributed by atoms with Gasteiger partial charge >= 0.3 is 5.97 Å². The summed E-state index contributed by atoms with van der Waals surface area (Å²) in [6, 6.07) is 12.7. The van der Waals surface area contributed by atoms with Crippen molar-refractivity contribution in [2.24, 2.45) is 0 Å². The van der Waals surface area contributed by atoms with E-state index in [2.05, 4.69) is 5.32 Å². The quantitative estimate of drug-likeness (QED) is 0.529. The van der Waals surface area contributed by atoms with E-state index in [-0.39, 0.29) is 6.10 Å². The molecular weight excluding hydrogens is 370 g/mol. The first kappa shape index (κ1) is 22.0. The SMILES string of the molecule is COc1cc(/C=C/C(=O)O[C@H](C)C(=O)Nc2cccc(C)c2)ccc1OC(C)C. The van der Waals surface area contributed by atoms with Crippen molar-refractivity contribution in [3.05, 3.63) is 59.7 Å². The van der Waals surface area contributed by atoms with Gasteiger partial charge in [0.2, 0.25) is 0 Å². The largest absolute Gasteiger partial charge is 0.493 e. The second kappa shape index (κ2) is 10.3. The van der Waals surface area contributed by atoms with E-state index in [9.17, 15) is 9.59 Å². The third-order valence-corrected chi connectivity index (χ3v) is 3.91. The van der Waals surface area contributed by atoms with Gasteiger partial charge in [0.25, 0.3) is 5.91 Å². The van der Waals surface area contributed by atoms with E-state index < -0.39 is 18.0 Å². The van der Waals surface area contributed by atoms with Crippen LogP contribution in [0.2, 0.25) is 0 Å². The number of methoxy groups -OCH3 is 1. The fraction of sp³-hybridized carbons (Fsp3) is 0.304. The number of aryl methyl sites for hydroxylation is 1. The number of hydrogen-bond acceptors (Lipinski definition) is 5. The third-order valence-electron chi connectivity index (χ3n) is 3.91. The van der Waals surface area contributed by atoms with Gasteiger partial charge in [-0.2, -0.15) is 0 Å². The number of carbonyl (C=O) groups excluding carboxylic acids is 2. The van der Waals surface area contributed by atoms with Crippen LogP contribution in [0.5, 0.6) is 11.5 Å². The highest BCUT2D eigenvalue weighted by molar-refractivity contribution is 5.96. The first-order valence-electron chi connectivity index (χ1n) is 9.39. The van der Waals surface area contributed by atoms with Gasteiger partial charge in [0.15, 0.2) is 17.6 Å². The number of amides is 1. The lowest BCUT2D eigenvalue weighted by Crippen LogP contribution is -2.29. The molecule has 1 N–H and O–H groups in total. The topological polar surface area (TPSA) is 73.9 Å². The fourth-order valence-electron chi connectivity index (χ4n) is 2.54.